The van der Waals surface area contributed by atoms with Crippen molar-refractivity contribution in [3.8, 4) is 22.9 Å². The van der Waals surface area contributed by atoms with Gasteiger partial charge in [-0.3, -0.25) is 0 Å². The lowest BCUT2D eigenvalue weighted by Crippen LogP contribution is -2.19. The van der Waals surface area contributed by atoms with Crippen LogP contribution in [0.25, 0.3) is 11.3 Å². The molecule has 2 heterocycles. The van der Waals surface area contributed by atoms with Crippen molar-refractivity contribution in [1.29, 1.82) is 0 Å². The van der Waals surface area contributed by atoms with Gasteiger partial charge < -0.3 is 9.47 Å². The molecule has 0 bridgehead atoms. The highest BCUT2D eigenvalue weighted by Crippen LogP contribution is 2.23. The van der Waals surface area contributed by atoms with Crippen molar-refractivity contribution in [3.63, 3.8) is 0 Å². The summed E-state index contributed by atoms with van der Waals surface area (Å²) in [5.41, 5.74) is 0.979. The fourth-order valence-corrected chi connectivity index (χ4v) is 1.41. The van der Waals surface area contributed by atoms with Crippen molar-refractivity contribution in [3.05, 3.63) is 30.6 Å². The Bertz CT molecular complexity index is 590. The van der Waals surface area contributed by atoms with Crippen LogP contribution in [0.15, 0.2) is 30.6 Å². The smallest absolute Gasteiger partial charge is 0.422 e. The van der Waals surface area contributed by atoms with E-state index in [9.17, 15) is 13.2 Å². The maximum Gasteiger partial charge on any atom is 0.422 e. The van der Waals surface area contributed by atoms with Crippen LogP contribution >= 0.6 is 0 Å². The number of nitrogens with zero attached hydrogens (tertiary/aromatic N) is 3. The van der Waals surface area contributed by atoms with E-state index in [1.807, 2.05) is 0 Å². The van der Waals surface area contributed by atoms with E-state index in [1.165, 1.54) is 25.6 Å². The number of pyridine rings is 1. The predicted molar refractivity (Wildman–Crippen MR) is 63.4 cm³/mol. The molecule has 0 unspecified atom stereocenters. The van der Waals surface area contributed by atoms with E-state index in [1.54, 1.807) is 12.1 Å². The Labute approximate surface area is 112 Å². The molecule has 106 valence electrons. The Morgan fingerprint density at radius 3 is 2.75 bits per heavy atom. The zero-order chi connectivity index (χ0) is 14.6. The Balaban J connectivity index is 2.20. The maximum absolute atomic E-state index is 12.1. The topological polar surface area (TPSA) is 57.1 Å². The number of alkyl halides is 3. The second kappa shape index (κ2) is 5.72. The van der Waals surface area contributed by atoms with Gasteiger partial charge in [0.2, 0.25) is 5.88 Å². The van der Waals surface area contributed by atoms with Gasteiger partial charge in [0.15, 0.2) is 6.61 Å². The zero-order valence-corrected chi connectivity index (χ0v) is 10.4. The van der Waals surface area contributed by atoms with E-state index in [-0.39, 0.29) is 5.88 Å². The molecular formula is C12H10F3N3O2. The summed E-state index contributed by atoms with van der Waals surface area (Å²) in [7, 11) is 1.48. The van der Waals surface area contributed by atoms with E-state index < -0.39 is 12.8 Å². The summed E-state index contributed by atoms with van der Waals surface area (Å²) in [6, 6.07) is 4.55. The first kappa shape index (κ1) is 14.0. The highest BCUT2D eigenvalue weighted by Gasteiger charge is 2.28. The molecule has 0 aromatic carbocycles. The average molecular weight is 285 g/mol. The molecule has 2 aromatic rings. The summed E-state index contributed by atoms with van der Waals surface area (Å²) >= 11 is 0. The molecule has 2 rings (SSSR count). The quantitative estimate of drug-likeness (QED) is 0.863. The summed E-state index contributed by atoms with van der Waals surface area (Å²) in [5, 5.41) is 7.60. The van der Waals surface area contributed by atoms with E-state index in [0.29, 0.717) is 17.0 Å². The van der Waals surface area contributed by atoms with Gasteiger partial charge in [0.25, 0.3) is 0 Å². The minimum Gasteiger partial charge on any atom is -0.495 e. The SMILES string of the molecule is COc1cnnc(-c2ccnc(OCC(F)(F)F)c2)c1. The van der Waals surface area contributed by atoms with Crippen LogP contribution in [-0.2, 0) is 0 Å². The second-order valence-electron chi connectivity index (χ2n) is 3.77. The molecule has 0 amide bonds. The number of rotatable bonds is 4. The molecule has 0 saturated heterocycles. The standard InChI is InChI=1S/C12H10F3N3O2/c1-19-9-5-10(18-17-6-9)8-2-3-16-11(4-8)20-7-12(13,14)15/h2-6H,7H2,1H3. The summed E-state index contributed by atoms with van der Waals surface area (Å²) < 4.78 is 45.8. The minimum atomic E-state index is -4.41. The second-order valence-corrected chi connectivity index (χ2v) is 3.77. The molecule has 0 atom stereocenters. The molecule has 0 radical (unpaired) electrons. The highest BCUT2D eigenvalue weighted by molar-refractivity contribution is 5.60. The highest BCUT2D eigenvalue weighted by atomic mass is 19.4. The number of halogens is 3. The van der Waals surface area contributed by atoms with Crippen LogP contribution in [0.4, 0.5) is 13.2 Å². The number of hydrogen-bond donors (Lipinski definition) is 0. The zero-order valence-electron chi connectivity index (χ0n) is 10.4. The number of ether oxygens (including phenoxy) is 2. The number of hydrogen-bond acceptors (Lipinski definition) is 5. The van der Waals surface area contributed by atoms with Crippen LogP contribution in [0.2, 0.25) is 0 Å². The lowest BCUT2D eigenvalue weighted by atomic mass is 10.2. The Kier molecular flexibility index (Phi) is 4.02. The van der Waals surface area contributed by atoms with Crippen LogP contribution in [-0.4, -0.2) is 35.1 Å². The minimum absolute atomic E-state index is 0.135. The van der Waals surface area contributed by atoms with Crippen molar-refractivity contribution < 1.29 is 22.6 Å². The van der Waals surface area contributed by atoms with Gasteiger partial charge in [-0.15, -0.1) is 0 Å². The van der Waals surface area contributed by atoms with Crippen LogP contribution in [0.3, 0.4) is 0 Å². The molecule has 20 heavy (non-hydrogen) atoms. The van der Waals surface area contributed by atoms with E-state index >= 15 is 0 Å². The lowest BCUT2D eigenvalue weighted by molar-refractivity contribution is -0.154. The predicted octanol–water partition coefficient (Wildman–Crippen LogP) is 2.49. The molecule has 0 spiro atoms. The van der Waals surface area contributed by atoms with Crippen LogP contribution in [0, 0.1) is 0 Å². The van der Waals surface area contributed by atoms with Crippen LogP contribution in [0.5, 0.6) is 11.6 Å². The lowest BCUT2D eigenvalue weighted by Gasteiger charge is -2.09. The van der Waals surface area contributed by atoms with Crippen molar-refractivity contribution in [2.24, 2.45) is 0 Å². The van der Waals surface area contributed by atoms with Crippen molar-refractivity contribution in [1.82, 2.24) is 15.2 Å². The van der Waals surface area contributed by atoms with Crippen LogP contribution in [0.1, 0.15) is 0 Å². The average Bonchev–Trinajstić information content (AvgIpc) is 2.45. The molecule has 0 aliphatic carbocycles. The number of aromatic nitrogens is 3. The van der Waals surface area contributed by atoms with Gasteiger partial charge >= 0.3 is 6.18 Å². The molecular weight excluding hydrogens is 275 g/mol. The summed E-state index contributed by atoms with van der Waals surface area (Å²) in [5.74, 6) is 0.356. The van der Waals surface area contributed by atoms with E-state index in [4.69, 9.17) is 4.74 Å². The summed E-state index contributed by atoms with van der Waals surface area (Å²) in [6.45, 7) is -1.40. The fraction of sp³-hybridized carbons (Fsp3) is 0.250. The molecule has 0 fully saturated rings. The van der Waals surface area contributed by atoms with Gasteiger partial charge in [-0.05, 0) is 6.07 Å². The van der Waals surface area contributed by atoms with E-state index in [0.717, 1.165) is 0 Å². The van der Waals surface area contributed by atoms with E-state index in [2.05, 4.69) is 19.9 Å². The fourth-order valence-electron chi connectivity index (χ4n) is 1.41. The van der Waals surface area contributed by atoms with Gasteiger partial charge in [-0.25, -0.2) is 4.98 Å². The monoisotopic (exact) mass is 285 g/mol. The van der Waals surface area contributed by atoms with Crippen molar-refractivity contribution >= 4 is 0 Å². The largest absolute Gasteiger partial charge is 0.495 e. The first-order chi connectivity index (χ1) is 9.48. The molecule has 0 aliphatic rings. The third kappa shape index (κ3) is 3.81. The van der Waals surface area contributed by atoms with Gasteiger partial charge in [0, 0.05) is 23.9 Å². The molecule has 0 aliphatic heterocycles. The first-order valence-electron chi connectivity index (χ1n) is 5.50. The van der Waals surface area contributed by atoms with Crippen LogP contribution < -0.4 is 9.47 Å². The molecule has 5 nitrogen and oxygen atoms in total. The maximum atomic E-state index is 12.1. The normalized spacial score (nSPS) is 11.2. The molecule has 2 aromatic heterocycles. The molecule has 8 heteroatoms. The Morgan fingerprint density at radius 2 is 2.05 bits per heavy atom. The summed E-state index contributed by atoms with van der Waals surface area (Å²) in [4.78, 5) is 3.71. The summed E-state index contributed by atoms with van der Waals surface area (Å²) in [6.07, 6.45) is -1.65. The van der Waals surface area contributed by atoms with Gasteiger partial charge in [-0.2, -0.15) is 23.4 Å². The molecule has 0 saturated carbocycles. The Hall–Kier alpha value is -2.38. The third-order valence-electron chi connectivity index (χ3n) is 2.28. The Morgan fingerprint density at radius 1 is 1.25 bits per heavy atom. The van der Waals surface area contributed by atoms with Crippen molar-refractivity contribution in [2.75, 3.05) is 13.7 Å². The van der Waals surface area contributed by atoms with Gasteiger partial charge in [0.1, 0.15) is 5.75 Å². The first-order valence-corrected chi connectivity index (χ1v) is 5.50. The third-order valence-corrected chi connectivity index (χ3v) is 2.28. The number of methoxy groups -OCH3 is 1. The van der Waals surface area contributed by atoms with Crippen molar-refractivity contribution in [2.45, 2.75) is 6.18 Å². The molecule has 0 N–H and O–H groups in total. The van der Waals surface area contributed by atoms with Gasteiger partial charge in [0.05, 0.1) is 19.0 Å². The van der Waals surface area contributed by atoms with Gasteiger partial charge in [-0.1, -0.05) is 0 Å².